The Hall–Kier alpha value is -3.31. The lowest BCUT2D eigenvalue weighted by molar-refractivity contribution is -0.147. The smallest absolute Gasteiger partial charge is 0.326 e. The van der Waals surface area contributed by atoms with Gasteiger partial charge in [-0.2, -0.15) is 0 Å². The zero-order chi connectivity index (χ0) is 20.6. The molecule has 0 bridgehead atoms. The fourth-order valence-electron chi connectivity index (χ4n) is 2.66. The number of amides is 1. The molecule has 3 rings (SSSR count). The number of carbonyl (C=O) groups excluding carboxylic acids is 2. The van der Waals surface area contributed by atoms with E-state index in [0.29, 0.717) is 27.6 Å². The molecule has 1 atom stereocenters. The van der Waals surface area contributed by atoms with Crippen LogP contribution in [0.2, 0.25) is 5.02 Å². The maximum absolute atomic E-state index is 12.2. The minimum atomic E-state index is -0.546. The first-order valence-corrected chi connectivity index (χ1v) is 9.46. The first-order chi connectivity index (χ1) is 14.0. The summed E-state index contributed by atoms with van der Waals surface area (Å²) in [7, 11) is 0. The van der Waals surface area contributed by atoms with Gasteiger partial charge in [-0.05, 0) is 49.4 Å². The maximum Gasteiger partial charge on any atom is 0.326 e. The summed E-state index contributed by atoms with van der Waals surface area (Å²) in [6.07, 6.45) is -0.512. The predicted octanol–water partition coefficient (Wildman–Crippen LogP) is 5.17. The molecule has 0 radical (unpaired) electrons. The van der Waals surface area contributed by atoms with E-state index in [1.165, 1.54) is 0 Å². The van der Waals surface area contributed by atoms with E-state index in [4.69, 9.17) is 21.1 Å². The highest BCUT2D eigenvalue weighted by Gasteiger charge is 2.15. The lowest BCUT2D eigenvalue weighted by Crippen LogP contribution is -2.31. The second-order valence-corrected chi connectivity index (χ2v) is 6.68. The molecule has 6 heteroatoms. The summed E-state index contributed by atoms with van der Waals surface area (Å²) < 4.78 is 11.0. The number of benzene rings is 3. The van der Waals surface area contributed by atoms with Gasteiger partial charge in [0.25, 0.3) is 5.91 Å². The maximum atomic E-state index is 12.2. The summed E-state index contributed by atoms with van der Waals surface area (Å²) in [4.78, 5) is 24.3. The van der Waals surface area contributed by atoms with Crippen LogP contribution >= 0.6 is 11.6 Å². The molecule has 1 N–H and O–H groups in total. The first-order valence-electron chi connectivity index (χ1n) is 9.08. The van der Waals surface area contributed by atoms with Gasteiger partial charge >= 0.3 is 5.97 Å². The van der Waals surface area contributed by atoms with Crippen LogP contribution in [0.1, 0.15) is 28.9 Å². The Morgan fingerprint density at radius 3 is 2.21 bits per heavy atom. The normalized spacial score (nSPS) is 11.4. The van der Waals surface area contributed by atoms with Gasteiger partial charge in [0.05, 0.1) is 0 Å². The average Bonchev–Trinajstić information content (AvgIpc) is 2.73. The Bertz CT molecular complexity index is 974. The van der Waals surface area contributed by atoms with Crippen molar-refractivity contribution in [2.45, 2.75) is 13.0 Å². The Morgan fingerprint density at radius 1 is 0.897 bits per heavy atom. The van der Waals surface area contributed by atoms with Crippen LogP contribution in [0.4, 0.5) is 0 Å². The molecule has 5 nitrogen and oxygen atoms in total. The van der Waals surface area contributed by atoms with Gasteiger partial charge in [0.1, 0.15) is 24.1 Å². The third kappa shape index (κ3) is 5.83. The van der Waals surface area contributed by atoms with Gasteiger partial charge in [-0.3, -0.25) is 9.59 Å². The molecular weight excluding hydrogens is 390 g/mol. The molecule has 3 aromatic rings. The van der Waals surface area contributed by atoms with Crippen LogP contribution in [0.15, 0.2) is 78.9 Å². The number of rotatable bonds is 7. The van der Waals surface area contributed by atoms with E-state index in [1.54, 1.807) is 49.4 Å². The van der Waals surface area contributed by atoms with Crippen molar-refractivity contribution in [3.63, 3.8) is 0 Å². The van der Waals surface area contributed by atoms with Crippen LogP contribution < -0.4 is 10.1 Å². The van der Waals surface area contributed by atoms with Crippen LogP contribution in [0.3, 0.4) is 0 Å². The molecule has 0 unspecified atom stereocenters. The molecule has 0 saturated heterocycles. The molecule has 0 fully saturated rings. The molecule has 0 heterocycles. The number of ether oxygens (including phenoxy) is 2. The van der Waals surface area contributed by atoms with E-state index in [0.717, 1.165) is 0 Å². The van der Waals surface area contributed by atoms with Crippen LogP contribution in [0.5, 0.6) is 11.5 Å². The van der Waals surface area contributed by atoms with Crippen molar-refractivity contribution in [1.29, 1.82) is 0 Å². The summed E-state index contributed by atoms with van der Waals surface area (Å²) in [5.41, 5.74) is 1.13. The second-order valence-electron chi connectivity index (χ2n) is 6.28. The molecule has 0 aromatic heterocycles. The molecule has 148 valence electrons. The average molecular weight is 410 g/mol. The Kier molecular flexibility index (Phi) is 6.87. The summed E-state index contributed by atoms with van der Waals surface area (Å²) in [5.74, 6) is 0.397. The van der Waals surface area contributed by atoms with E-state index in [2.05, 4.69) is 5.32 Å². The predicted molar refractivity (Wildman–Crippen MR) is 111 cm³/mol. The Balaban J connectivity index is 1.50. The van der Waals surface area contributed by atoms with Gasteiger partial charge in [-0.25, -0.2) is 0 Å². The van der Waals surface area contributed by atoms with Crippen LogP contribution in [-0.2, 0) is 9.53 Å². The molecule has 0 aliphatic heterocycles. The minimum Gasteiger partial charge on any atom is -0.457 e. The van der Waals surface area contributed by atoms with Gasteiger partial charge in [0.15, 0.2) is 0 Å². The summed E-state index contributed by atoms with van der Waals surface area (Å²) in [5, 5.41) is 3.07. The standard InChI is InChI=1S/C23H20ClNO4/c1-16(20-9-5-6-10-21(20)24)28-22(26)15-25-23(27)17-11-13-19(14-12-17)29-18-7-3-2-4-8-18/h2-14,16H,15H2,1H3,(H,25,27)/t16-/m1/s1. The molecule has 0 spiro atoms. The second kappa shape index (κ2) is 9.75. The highest BCUT2D eigenvalue weighted by Crippen LogP contribution is 2.25. The van der Waals surface area contributed by atoms with E-state index >= 15 is 0 Å². The highest BCUT2D eigenvalue weighted by molar-refractivity contribution is 6.31. The van der Waals surface area contributed by atoms with E-state index in [-0.39, 0.29) is 12.5 Å². The highest BCUT2D eigenvalue weighted by atomic mass is 35.5. The zero-order valence-corrected chi connectivity index (χ0v) is 16.6. The molecule has 1 amide bonds. The molecule has 0 saturated carbocycles. The molecule has 0 aliphatic carbocycles. The van der Waals surface area contributed by atoms with Crippen molar-refractivity contribution in [3.05, 3.63) is 95.0 Å². The number of hydrogen-bond donors (Lipinski definition) is 1. The Labute approximate surface area is 174 Å². The number of hydrogen-bond acceptors (Lipinski definition) is 4. The quantitative estimate of drug-likeness (QED) is 0.547. The molecule has 3 aromatic carbocycles. The van der Waals surface area contributed by atoms with Crippen molar-refractivity contribution in [2.24, 2.45) is 0 Å². The van der Waals surface area contributed by atoms with Gasteiger partial charge in [-0.15, -0.1) is 0 Å². The number of halogens is 1. The number of esters is 1. The van der Waals surface area contributed by atoms with Crippen molar-refractivity contribution in [2.75, 3.05) is 6.54 Å². The van der Waals surface area contributed by atoms with Crippen LogP contribution in [0, 0.1) is 0 Å². The molecule has 29 heavy (non-hydrogen) atoms. The van der Waals surface area contributed by atoms with Crippen molar-refractivity contribution < 1.29 is 19.1 Å². The lowest BCUT2D eigenvalue weighted by Gasteiger charge is -2.15. The SMILES string of the molecule is C[C@@H](OC(=O)CNC(=O)c1ccc(Oc2ccccc2)cc1)c1ccccc1Cl. The Morgan fingerprint density at radius 2 is 1.52 bits per heavy atom. The third-order valence-corrected chi connectivity index (χ3v) is 4.48. The van der Waals surface area contributed by atoms with E-state index < -0.39 is 12.1 Å². The largest absolute Gasteiger partial charge is 0.457 e. The fraction of sp³-hybridized carbons (Fsp3) is 0.130. The van der Waals surface area contributed by atoms with Gasteiger partial charge in [0, 0.05) is 16.1 Å². The summed E-state index contributed by atoms with van der Waals surface area (Å²) >= 11 is 6.10. The lowest BCUT2D eigenvalue weighted by atomic mass is 10.1. The first kappa shape index (κ1) is 20.4. The monoisotopic (exact) mass is 409 g/mol. The van der Waals surface area contributed by atoms with Gasteiger partial charge < -0.3 is 14.8 Å². The summed E-state index contributed by atoms with van der Waals surface area (Å²) in [6.45, 7) is 1.49. The van der Waals surface area contributed by atoms with Crippen molar-refractivity contribution in [3.8, 4) is 11.5 Å². The van der Waals surface area contributed by atoms with E-state index in [9.17, 15) is 9.59 Å². The molecular formula is C23H20ClNO4. The van der Waals surface area contributed by atoms with Crippen molar-refractivity contribution >= 4 is 23.5 Å². The zero-order valence-electron chi connectivity index (χ0n) is 15.8. The third-order valence-electron chi connectivity index (χ3n) is 4.14. The minimum absolute atomic E-state index is 0.240. The molecule has 0 aliphatic rings. The number of nitrogens with one attached hydrogen (secondary N) is 1. The fourth-order valence-corrected chi connectivity index (χ4v) is 2.95. The van der Waals surface area contributed by atoms with Crippen molar-refractivity contribution in [1.82, 2.24) is 5.32 Å². The van der Waals surface area contributed by atoms with Gasteiger partial charge in [-0.1, -0.05) is 48.0 Å². The van der Waals surface area contributed by atoms with E-state index in [1.807, 2.05) is 36.4 Å². The topological polar surface area (TPSA) is 64.6 Å². The van der Waals surface area contributed by atoms with Crippen LogP contribution in [0.25, 0.3) is 0 Å². The number of carbonyl (C=O) groups is 2. The number of para-hydroxylation sites is 1. The van der Waals surface area contributed by atoms with Crippen LogP contribution in [-0.4, -0.2) is 18.4 Å². The van der Waals surface area contributed by atoms with Gasteiger partial charge in [0.2, 0.25) is 0 Å². The summed E-state index contributed by atoms with van der Waals surface area (Å²) in [6, 6.07) is 23.1.